The van der Waals surface area contributed by atoms with Gasteiger partial charge in [0, 0.05) is 4.90 Å². The molecule has 0 saturated carbocycles. The molecule has 1 aromatic carbocycles. The topological polar surface area (TPSA) is 66.2 Å². The molecule has 2 N–H and O–H groups in total. The van der Waals surface area contributed by atoms with Gasteiger partial charge in [-0.25, -0.2) is 0 Å². The first kappa shape index (κ1) is 10.8. The molecule has 0 saturated heterocycles. The van der Waals surface area contributed by atoms with Crippen LogP contribution in [-0.4, -0.2) is 20.2 Å². The molecule has 0 aliphatic rings. The van der Waals surface area contributed by atoms with Gasteiger partial charge >= 0.3 is 0 Å². The van der Waals surface area contributed by atoms with Gasteiger partial charge in [-0.2, -0.15) is 9.97 Å². The van der Waals surface area contributed by atoms with E-state index in [4.69, 9.17) is 0 Å². The first-order valence-electron chi connectivity index (χ1n) is 4.68. The van der Waals surface area contributed by atoms with Gasteiger partial charge < -0.3 is 10.2 Å². The average molecular weight is 234 g/mol. The molecule has 0 atom stereocenters. The minimum atomic E-state index is -0.212. The summed E-state index contributed by atoms with van der Waals surface area (Å²) in [6.45, 7) is 0. The molecular formula is C11H10N2O2S. The molecule has 16 heavy (non-hydrogen) atoms. The van der Waals surface area contributed by atoms with Gasteiger partial charge in [0.1, 0.15) is 5.82 Å². The van der Waals surface area contributed by atoms with Crippen molar-refractivity contribution in [2.75, 3.05) is 0 Å². The van der Waals surface area contributed by atoms with Crippen molar-refractivity contribution in [1.82, 2.24) is 9.97 Å². The van der Waals surface area contributed by atoms with Crippen molar-refractivity contribution in [3.63, 3.8) is 0 Å². The summed E-state index contributed by atoms with van der Waals surface area (Å²) >= 11 is 1.54. The fourth-order valence-corrected chi connectivity index (χ4v) is 1.97. The van der Waals surface area contributed by atoms with E-state index in [1.54, 1.807) is 11.8 Å². The third-order valence-electron chi connectivity index (χ3n) is 1.86. The van der Waals surface area contributed by atoms with Crippen LogP contribution in [0.4, 0.5) is 0 Å². The largest absolute Gasteiger partial charge is 0.493 e. The van der Waals surface area contributed by atoms with E-state index >= 15 is 0 Å². The predicted molar refractivity (Wildman–Crippen MR) is 61.4 cm³/mol. The molecule has 0 fully saturated rings. The van der Waals surface area contributed by atoms with Crippen LogP contribution < -0.4 is 0 Å². The third kappa shape index (κ3) is 2.87. The van der Waals surface area contributed by atoms with Crippen molar-refractivity contribution >= 4 is 11.8 Å². The molecule has 1 heterocycles. The Labute approximate surface area is 97.0 Å². The highest BCUT2D eigenvalue weighted by Gasteiger charge is 2.03. The number of hydrogen-bond acceptors (Lipinski definition) is 5. The number of aromatic nitrogens is 2. The highest BCUT2D eigenvalue weighted by molar-refractivity contribution is 7.98. The van der Waals surface area contributed by atoms with Crippen molar-refractivity contribution in [1.29, 1.82) is 0 Å². The predicted octanol–water partition coefficient (Wildman–Crippen LogP) is 2.18. The summed E-state index contributed by atoms with van der Waals surface area (Å²) < 4.78 is 0. The molecule has 2 rings (SSSR count). The van der Waals surface area contributed by atoms with Crippen LogP contribution in [-0.2, 0) is 5.75 Å². The molecule has 2 aromatic rings. The first-order valence-corrected chi connectivity index (χ1v) is 5.66. The van der Waals surface area contributed by atoms with Crippen LogP contribution >= 0.6 is 11.8 Å². The number of aromatic hydroxyl groups is 2. The summed E-state index contributed by atoms with van der Waals surface area (Å²) in [6.07, 6.45) is 0. The maximum Gasteiger partial charge on any atom is 0.218 e. The summed E-state index contributed by atoms with van der Waals surface area (Å²) in [4.78, 5) is 8.72. The van der Waals surface area contributed by atoms with Gasteiger partial charge in [-0.1, -0.05) is 18.2 Å². The van der Waals surface area contributed by atoms with Crippen LogP contribution in [0, 0.1) is 0 Å². The Kier molecular flexibility index (Phi) is 3.26. The van der Waals surface area contributed by atoms with E-state index in [0.29, 0.717) is 11.6 Å². The second kappa shape index (κ2) is 4.85. The number of nitrogens with zero attached hydrogens (tertiary/aromatic N) is 2. The third-order valence-corrected chi connectivity index (χ3v) is 2.86. The van der Waals surface area contributed by atoms with Crippen LogP contribution in [0.5, 0.6) is 11.8 Å². The molecule has 0 amide bonds. The quantitative estimate of drug-likeness (QED) is 0.797. The number of rotatable bonds is 3. The summed E-state index contributed by atoms with van der Waals surface area (Å²) in [6, 6.07) is 10.9. The van der Waals surface area contributed by atoms with Crippen molar-refractivity contribution in [2.24, 2.45) is 0 Å². The van der Waals surface area contributed by atoms with E-state index in [9.17, 15) is 10.2 Å². The minimum absolute atomic E-state index is 0.212. The molecule has 0 aliphatic heterocycles. The Morgan fingerprint density at radius 2 is 1.62 bits per heavy atom. The Balaban J connectivity index is 2.05. The summed E-state index contributed by atoms with van der Waals surface area (Å²) in [7, 11) is 0. The molecule has 0 spiro atoms. The standard InChI is InChI=1S/C11H10N2O2S/c14-10-6-11(15)13-9(12-10)7-16-8-4-2-1-3-5-8/h1-6H,7H2,(H2,12,13,14,15). The molecule has 4 nitrogen and oxygen atoms in total. The summed E-state index contributed by atoms with van der Waals surface area (Å²) in [5.41, 5.74) is 0. The molecular weight excluding hydrogens is 224 g/mol. The molecule has 0 bridgehead atoms. The first-order chi connectivity index (χ1) is 7.74. The highest BCUT2D eigenvalue weighted by Crippen LogP contribution is 2.22. The zero-order valence-electron chi connectivity index (χ0n) is 8.37. The maximum atomic E-state index is 9.17. The summed E-state index contributed by atoms with van der Waals surface area (Å²) in [5.74, 6) is 0.491. The van der Waals surface area contributed by atoms with Gasteiger partial charge in [0.15, 0.2) is 0 Å². The van der Waals surface area contributed by atoms with Crippen LogP contribution in [0.25, 0.3) is 0 Å². The van der Waals surface area contributed by atoms with Crippen LogP contribution in [0.1, 0.15) is 5.82 Å². The van der Waals surface area contributed by atoms with Crippen molar-refractivity contribution in [3.8, 4) is 11.8 Å². The van der Waals surface area contributed by atoms with E-state index < -0.39 is 0 Å². The lowest BCUT2D eigenvalue weighted by molar-refractivity contribution is 0.418. The fraction of sp³-hybridized carbons (Fsp3) is 0.0909. The fourth-order valence-electron chi connectivity index (χ4n) is 1.20. The average Bonchev–Trinajstić information content (AvgIpc) is 2.27. The van der Waals surface area contributed by atoms with Gasteiger partial charge in [-0.05, 0) is 12.1 Å². The SMILES string of the molecule is Oc1cc(O)nc(CSc2ccccc2)n1. The Morgan fingerprint density at radius 1 is 1.00 bits per heavy atom. The van der Waals surface area contributed by atoms with E-state index in [0.717, 1.165) is 11.0 Å². The van der Waals surface area contributed by atoms with Gasteiger partial charge in [-0.15, -0.1) is 11.8 Å². The van der Waals surface area contributed by atoms with Gasteiger partial charge in [0.2, 0.25) is 11.8 Å². The summed E-state index contributed by atoms with van der Waals surface area (Å²) in [5, 5.41) is 18.3. The second-order valence-corrected chi connectivity index (χ2v) is 4.15. The van der Waals surface area contributed by atoms with Crippen molar-refractivity contribution in [3.05, 3.63) is 42.2 Å². The molecule has 1 aromatic heterocycles. The van der Waals surface area contributed by atoms with Crippen molar-refractivity contribution < 1.29 is 10.2 Å². The lowest BCUT2D eigenvalue weighted by Crippen LogP contribution is -1.91. The lowest BCUT2D eigenvalue weighted by Gasteiger charge is -2.01. The van der Waals surface area contributed by atoms with Gasteiger partial charge in [-0.3, -0.25) is 0 Å². The Bertz CT molecular complexity index is 456. The maximum absolute atomic E-state index is 9.17. The van der Waals surface area contributed by atoms with Crippen LogP contribution in [0.2, 0.25) is 0 Å². The zero-order chi connectivity index (χ0) is 11.4. The van der Waals surface area contributed by atoms with Gasteiger partial charge in [0.25, 0.3) is 0 Å². The molecule has 82 valence electrons. The smallest absolute Gasteiger partial charge is 0.218 e. The van der Waals surface area contributed by atoms with E-state index in [-0.39, 0.29) is 11.8 Å². The normalized spacial score (nSPS) is 10.2. The minimum Gasteiger partial charge on any atom is -0.493 e. The van der Waals surface area contributed by atoms with Crippen LogP contribution in [0.15, 0.2) is 41.3 Å². The number of benzene rings is 1. The second-order valence-electron chi connectivity index (χ2n) is 3.10. The van der Waals surface area contributed by atoms with Crippen LogP contribution in [0.3, 0.4) is 0 Å². The number of thioether (sulfide) groups is 1. The van der Waals surface area contributed by atoms with Gasteiger partial charge in [0.05, 0.1) is 11.8 Å². The van der Waals surface area contributed by atoms with Crippen molar-refractivity contribution in [2.45, 2.75) is 10.6 Å². The van der Waals surface area contributed by atoms with E-state index in [1.165, 1.54) is 0 Å². The molecule has 0 unspecified atom stereocenters. The molecule has 0 aliphatic carbocycles. The van der Waals surface area contributed by atoms with E-state index in [2.05, 4.69) is 9.97 Å². The molecule has 0 radical (unpaired) electrons. The monoisotopic (exact) mass is 234 g/mol. The number of hydrogen-bond donors (Lipinski definition) is 2. The highest BCUT2D eigenvalue weighted by atomic mass is 32.2. The zero-order valence-corrected chi connectivity index (χ0v) is 9.18. The molecule has 5 heteroatoms. The lowest BCUT2D eigenvalue weighted by atomic mass is 10.4. The van der Waals surface area contributed by atoms with E-state index in [1.807, 2.05) is 30.3 Å². The Morgan fingerprint density at radius 3 is 2.25 bits per heavy atom. The Hall–Kier alpha value is -1.75.